The predicted octanol–water partition coefficient (Wildman–Crippen LogP) is 4.45. The Hall–Kier alpha value is -3.13. The number of halogens is 1. The summed E-state index contributed by atoms with van der Waals surface area (Å²) in [4.78, 5) is 18.2. The first-order valence-corrected chi connectivity index (χ1v) is 10.7. The molecule has 4 rings (SSSR count). The molecule has 7 nitrogen and oxygen atoms in total. The van der Waals surface area contributed by atoms with E-state index in [1.54, 1.807) is 7.11 Å². The number of hydrogen-bond acceptors (Lipinski definition) is 5. The van der Waals surface area contributed by atoms with E-state index in [0.29, 0.717) is 18.7 Å². The van der Waals surface area contributed by atoms with E-state index >= 15 is 0 Å². The SMILES string of the molecule is COc1ccc(C2=NOC(C(=O)Nc3c(C)nn(Cc4ccc(Br)cc4)c3C)C2)cc1. The molecule has 160 valence electrons. The van der Waals surface area contributed by atoms with Crippen molar-refractivity contribution in [2.45, 2.75) is 32.9 Å². The van der Waals surface area contributed by atoms with Gasteiger partial charge in [0.1, 0.15) is 5.75 Å². The van der Waals surface area contributed by atoms with E-state index in [0.717, 1.165) is 38.4 Å². The van der Waals surface area contributed by atoms with Gasteiger partial charge < -0.3 is 14.9 Å². The highest BCUT2D eigenvalue weighted by molar-refractivity contribution is 9.10. The molecule has 2 heterocycles. The van der Waals surface area contributed by atoms with Crippen molar-refractivity contribution in [1.82, 2.24) is 9.78 Å². The summed E-state index contributed by atoms with van der Waals surface area (Å²) >= 11 is 3.45. The number of amides is 1. The molecule has 0 saturated heterocycles. The van der Waals surface area contributed by atoms with E-state index in [-0.39, 0.29) is 5.91 Å². The zero-order valence-electron chi connectivity index (χ0n) is 17.6. The topological polar surface area (TPSA) is 77.7 Å². The largest absolute Gasteiger partial charge is 0.497 e. The van der Waals surface area contributed by atoms with E-state index in [2.05, 4.69) is 31.5 Å². The van der Waals surface area contributed by atoms with Crippen molar-refractivity contribution in [3.05, 3.63) is 75.5 Å². The summed E-state index contributed by atoms with van der Waals surface area (Å²) in [6.45, 7) is 4.46. The number of anilines is 1. The van der Waals surface area contributed by atoms with Crippen LogP contribution in [0.25, 0.3) is 0 Å². The molecule has 1 amide bonds. The van der Waals surface area contributed by atoms with Gasteiger partial charge in [-0.05, 0) is 61.4 Å². The molecule has 0 fully saturated rings. The van der Waals surface area contributed by atoms with Gasteiger partial charge in [0.05, 0.1) is 36.4 Å². The fraction of sp³-hybridized carbons (Fsp3) is 0.261. The molecule has 1 aromatic heterocycles. The first-order valence-electron chi connectivity index (χ1n) is 9.91. The number of rotatable bonds is 6. The number of methoxy groups -OCH3 is 1. The molecule has 0 radical (unpaired) electrons. The average molecular weight is 483 g/mol. The number of aryl methyl sites for hydroxylation is 1. The third kappa shape index (κ3) is 4.64. The molecule has 1 aliphatic heterocycles. The Bertz CT molecular complexity index is 1120. The number of carbonyl (C=O) groups excluding carboxylic acids is 1. The molecule has 3 aromatic rings. The third-order valence-electron chi connectivity index (χ3n) is 5.26. The van der Waals surface area contributed by atoms with Crippen LogP contribution in [0.3, 0.4) is 0 Å². The minimum Gasteiger partial charge on any atom is -0.497 e. The van der Waals surface area contributed by atoms with E-state index < -0.39 is 6.10 Å². The Labute approximate surface area is 189 Å². The Morgan fingerprint density at radius 1 is 1.19 bits per heavy atom. The number of carbonyl (C=O) groups is 1. The van der Waals surface area contributed by atoms with Crippen molar-refractivity contribution >= 4 is 33.2 Å². The van der Waals surface area contributed by atoms with Gasteiger partial charge in [-0.2, -0.15) is 5.10 Å². The maximum Gasteiger partial charge on any atom is 0.268 e. The van der Waals surface area contributed by atoms with Crippen molar-refractivity contribution in [3.63, 3.8) is 0 Å². The lowest BCUT2D eigenvalue weighted by Crippen LogP contribution is -2.28. The highest BCUT2D eigenvalue weighted by Gasteiger charge is 2.30. The van der Waals surface area contributed by atoms with Crippen LogP contribution in [0.2, 0.25) is 0 Å². The molecule has 2 aromatic carbocycles. The normalized spacial score (nSPS) is 15.4. The van der Waals surface area contributed by atoms with Gasteiger partial charge in [-0.3, -0.25) is 9.48 Å². The lowest BCUT2D eigenvalue weighted by molar-refractivity contribution is -0.125. The number of aromatic nitrogens is 2. The monoisotopic (exact) mass is 482 g/mol. The summed E-state index contributed by atoms with van der Waals surface area (Å²) in [5.74, 6) is 0.533. The summed E-state index contributed by atoms with van der Waals surface area (Å²) in [6, 6.07) is 15.6. The molecule has 0 bridgehead atoms. The quantitative estimate of drug-likeness (QED) is 0.562. The van der Waals surface area contributed by atoms with Crippen LogP contribution in [-0.4, -0.2) is 34.6 Å². The Morgan fingerprint density at radius 2 is 1.90 bits per heavy atom. The van der Waals surface area contributed by atoms with Crippen molar-refractivity contribution in [1.29, 1.82) is 0 Å². The minimum atomic E-state index is -0.675. The van der Waals surface area contributed by atoms with Gasteiger partial charge in [-0.15, -0.1) is 0 Å². The van der Waals surface area contributed by atoms with Crippen LogP contribution in [0.1, 0.15) is 28.9 Å². The van der Waals surface area contributed by atoms with Crippen molar-refractivity contribution in [2.24, 2.45) is 5.16 Å². The van der Waals surface area contributed by atoms with Crippen LogP contribution in [0.15, 0.2) is 58.2 Å². The Kier molecular flexibility index (Phi) is 6.08. The fourth-order valence-corrected chi connectivity index (χ4v) is 3.73. The maximum atomic E-state index is 12.8. The summed E-state index contributed by atoms with van der Waals surface area (Å²) in [5.41, 5.74) is 5.14. The van der Waals surface area contributed by atoms with Crippen molar-refractivity contribution < 1.29 is 14.4 Å². The second-order valence-corrected chi connectivity index (χ2v) is 8.30. The molecular formula is C23H23BrN4O3. The number of ether oxygens (including phenoxy) is 1. The van der Waals surface area contributed by atoms with E-state index in [9.17, 15) is 4.79 Å². The summed E-state index contributed by atoms with van der Waals surface area (Å²) in [6.07, 6.45) is -0.269. The number of nitrogens with one attached hydrogen (secondary N) is 1. The lowest BCUT2D eigenvalue weighted by Gasteiger charge is -2.10. The van der Waals surface area contributed by atoms with Crippen LogP contribution in [0.5, 0.6) is 5.75 Å². The van der Waals surface area contributed by atoms with E-state index in [1.807, 2.05) is 67.1 Å². The van der Waals surface area contributed by atoms with Gasteiger partial charge in [-0.1, -0.05) is 33.2 Å². The number of nitrogens with zero attached hydrogens (tertiary/aromatic N) is 3. The van der Waals surface area contributed by atoms with Crippen LogP contribution in [0.4, 0.5) is 5.69 Å². The Balaban J connectivity index is 1.42. The molecule has 0 aliphatic carbocycles. The van der Waals surface area contributed by atoms with E-state index in [1.165, 1.54) is 0 Å². The number of hydrogen-bond donors (Lipinski definition) is 1. The maximum absolute atomic E-state index is 12.8. The summed E-state index contributed by atoms with van der Waals surface area (Å²) in [5, 5.41) is 11.7. The van der Waals surface area contributed by atoms with Crippen LogP contribution < -0.4 is 10.1 Å². The van der Waals surface area contributed by atoms with Crippen LogP contribution in [-0.2, 0) is 16.2 Å². The van der Waals surface area contributed by atoms with Crippen molar-refractivity contribution in [2.75, 3.05) is 12.4 Å². The molecule has 1 atom stereocenters. The summed E-state index contributed by atoms with van der Waals surface area (Å²) in [7, 11) is 1.62. The molecule has 0 spiro atoms. The predicted molar refractivity (Wildman–Crippen MR) is 123 cm³/mol. The van der Waals surface area contributed by atoms with E-state index in [4.69, 9.17) is 9.57 Å². The zero-order chi connectivity index (χ0) is 22.0. The molecular weight excluding hydrogens is 460 g/mol. The smallest absolute Gasteiger partial charge is 0.268 e. The van der Waals surface area contributed by atoms with Gasteiger partial charge in [0.2, 0.25) is 6.10 Å². The van der Waals surface area contributed by atoms with Gasteiger partial charge in [0.25, 0.3) is 5.91 Å². The van der Waals surface area contributed by atoms with Crippen LogP contribution >= 0.6 is 15.9 Å². The minimum absolute atomic E-state index is 0.235. The first kappa shape index (κ1) is 21.1. The second kappa shape index (κ2) is 8.93. The Morgan fingerprint density at radius 3 is 2.58 bits per heavy atom. The highest BCUT2D eigenvalue weighted by atomic mass is 79.9. The second-order valence-electron chi connectivity index (χ2n) is 7.38. The average Bonchev–Trinajstić information content (AvgIpc) is 3.37. The van der Waals surface area contributed by atoms with Gasteiger partial charge >= 0.3 is 0 Å². The number of benzene rings is 2. The molecule has 1 unspecified atom stereocenters. The zero-order valence-corrected chi connectivity index (χ0v) is 19.1. The molecule has 1 N–H and O–H groups in total. The molecule has 8 heteroatoms. The lowest BCUT2D eigenvalue weighted by atomic mass is 10.0. The van der Waals surface area contributed by atoms with Crippen LogP contribution in [0, 0.1) is 13.8 Å². The van der Waals surface area contributed by atoms with Gasteiger partial charge in [-0.25, -0.2) is 0 Å². The molecule has 1 aliphatic rings. The summed E-state index contributed by atoms with van der Waals surface area (Å²) < 4.78 is 8.10. The molecule has 31 heavy (non-hydrogen) atoms. The fourth-order valence-electron chi connectivity index (χ4n) is 3.47. The first-order chi connectivity index (χ1) is 14.9. The highest BCUT2D eigenvalue weighted by Crippen LogP contribution is 2.24. The standard InChI is InChI=1S/C23H23BrN4O3/c1-14-22(15(2)28(26-14)13-16-4-8-18(24)9-5-16)25-23(29)21-12-20(27-31-21)17-6-10-19(30-3)11-7-17/h4-11,21H,12-13H2,1-3H3,(H,25,29). The van der Waals surface area contributed by atoms with Gasteiger partial charge in [0.15, 0.2) is 0 Å². The molecule has 0 saturated carbocycles. The third-order valence-corrected chi connectivity index (χ3v) is 5.79. The van der Waals surface area contributed by atoms with Gasteiger partial charge in [0, 0.05) is 10.9 Å². The number of oxime groups is 1. The van der Waals surface area contributed by atoms with Crippen molar-refractivity contribution in [3.8, 4) is 5.75 Å².